The van der Waals surface area contributed by atoms with Crippen LogP contribution in [0.5, 0.6) is 0 Å². The molecule has 0 aromatic rings. The van der Waals surface area contributed by atoms with E-state index in [-0.39, 0.29) is 58.2 Å². The zero-order valence-electron chi connectivity index (χ0n) is 29.1. The number of rotatable bonds is 26. The van der Waals surface area contributed by atoms with Gasteiger partial charge in [-0.15, -0.1) is 5.06 Å². The Balaban J connectivity index is 1.70. The quantitative estimate of drug-likeness (QED) is 0.0421. The van der Waals surface area contributed by atoms with Crippen molar-refractivity contribution in [2.24, 2.45) is 5.16 Å². The summed E-state index contributed by atoms with van der Waals surface area (Å²) < 4.78 is 0. The molecule has 0 aromatic carbocycles. The maximum absolute atomic E-state index is 13.0. The second-order valence-corrected chi connectivity index (χ2v) is 12.1. The normalized spacial score (nSPS) is 14.5. The fourth-order valence-corrected chi connectivity index (χ4v) is 4.87. The number of hydrogen-bond donors (Lipinski definition) is 4. The van der Waals surface area contributed by atoms with Crippen molar-refractivity contribution in [2.45, 2.75) is 103 Å². The molecule has 7 amide bonds. The largest absolute Gasteiger partial charge is 0.396 e. The van der Waals surface area contributed by atoms with Gasteiger partial charge < -0.3 is 30.9 Å². The standard InChI is InChI=1S/C33H51N7O10/c1-24(2)38-49-23-8-4-3-6-18-34-19-7-5-10-25(37-27(42)11-9-12-32(47)50-40-30(45)15-16-31(40)46)33(48)36-21-20-35-26(41)17-22-39-28(43)13-14-29(39)44/h13-14,25,34H,3-12,15-23H2,1-2H3,(H,35,41)(H,36,48)(H,37,42)/t25-/m0/s1. The highest BCUT2D eigenvalue weighted by atomic mass is 16.7. The van der Waals surface area contributed by atoms with E-state index in [9.17, 15) is 38.4 Å². The minimum Gasteiger partial charge on any atom is -0.396 e. The Kier molecular flexibility index (Phi) is 19.6. The van der Waals surface area contributed by atoms with Gasteiger partial charge in [0.2, 0.25) is 17.7 Å². The van der Waals surface area contributed by atoms with Crippen molar-refractivity contribution < 1.29 is 48.0 Å². The molecule has 0 aromatic heterocycles. The molecule has 278 valence electrons. The molecule has 0 bridgehead atoms. The smallest absolute Gasteiger partial charge is 0.333 e. The van der Waals surface area contributed by atoms with Crippen molar-refractivity contribution in [3.63, 3.8) is 0 Å². The van der Waals surface area contributed by atoms with Crippen molar-refractivity contribution in [1.82, 2.24) is 31.2 Å². The molecule has 1 atom stereocenters. The predicted molar refractivity (Wildman–Crippen MR) is 179 cm³/mol. The Morgan fingerprint density at radius 2 is 1.40 bits per heavy atom. The number of hydrogen-bond acceptors (Lipinski definition) is 12. The molecule has 1 saturated heterocycles. The Bertz CT molecular complexity index is 1230. The third-order valence-electron chi connectivity index (χ3n) is 7.53. The first-order chi connectivity index (χ1) is 24.0. The number of nitrogens with one attached hydrogen (secondary N) is 4. The summed E-state index contributed by atoms with van der Waals surface area (Å²) in [6.45, 7) is 6.11. The maximum Gasteiger partial charge on any atom is 0.333 e. The van der Waals surface area contributed by atoms with E-state index < -0.39 is 53.4 Å². The van der Waals surface area contributed by atoms with Crippen molar-refractivity contribution in [3.05, 3.63) is 12.2 Å². The first-order valence-electron chi connectivity index (χ1n) is 17.3. The van der Waals surface area contributed by atoms with Crippen LogP contribution in [0.3, 0.4) is 0 Å². The molecule has 2 heterocycles. The molecule has 2 aliphatic rings. The van der Waals surface area contributed by atoms with Crippen LogP contribution in [0.25, 0.3) is 0 Å². The lowest BCUT2D eigenvalue weighted by Crippen LogP contribution is -2.48. The van der Waals surface area contributed by atoms with E-state index in [1.807, 2.05) is 13.8 Å². The number of hydroxylamine groups is 2. The van der Waals surface area contributed by atoms with E-state index in [2.05, 4.69) is 26.4 Å². The van der Waals surface area contributed by atoms with Gasteiger partial charge in [-0.1, -0.05) is 11.6 Å². The van der Waals surface area contributed by atoms with Gasteiger partial charge in [0.05, 0.1) is 5.71 Å². The highest BCUT2D eigenvalue weighted by Gasteiger charge is 2.32. The van der Waals surface area contributed by atoms with Crippen molar-refractivity contribution in [3.8, 4) is 0 Å². The summed E-state index contributed by atoms with van der Waals surface area (Å²) in [5.74, 6) is -4.23. The average Bonchev–Trinajstić information content (AvgIpc) is 3.57. The van der Waals surface area contributed by atoms with Crippen molar-refractivity contribution >= 4 is 53.0 Å². The topological polar surface area (TPSA) is 222 Å². The molecule has 0 spiro atoms. The van der Waals surface area contributed by atoms with Crippen molar-refractivity contribution in [2.75, 3.05) is 39.3 Å². The van der Waals surface area contributed by atoms with Crippen LogP contribution in [0.1, 0.15) is 97.3 Å². The van der Waals surface area contributed by atoms with Gasteiger partial charge in [-0.25, -0.2) is 4.79 Å². The molecular weight excluding hydrogens is 654 g/mol. The maximum atomic E-state index is 13.0. The van der Waals surface area contributed by atoms with Gasteiger partial charge >= 0.3 is 5.97 Å². The van der Waals surface area contributed by atoms with Gasteiger partial charge in [-0.3, -0.25) is 38.5 Å². The summed E-state index contributed by atoms with van der Waals surface area (Å²) in [5, 5.41) is 15.8. The van der Waals surface area contributed by atoms with Crippen LogP contribution in [0.15, 0.2) is 17.3 Å². The summed E-state index contributed by atoms with van der Waals surface area (Å²) in [5.41, 5.74) is 0.890. The van der Waals surface area contributed by atoms with Crippen LogP contribution in [0.2, 0.25) is 0 Å². The van der Waals surface area contributed by atoms with Gasteiger partial charge in [-0.05, 0) is 71.9 Å². The van der Waals surface area contributed by atoms with Gasteiger partial charge in [0.15, 0.2) is 0 Å². The molecule has 2 aliphatic heterocycles. The first kappa shape index (κ1) is 41.5. The highest BCUT2D eigenvalue weighted by Crippen LogP contribution is 2.13. The minimum atomic E-state index is -0.854. The molecule has 4 N–H and O–H groups in total. The van der Waals surface area contributed by atoms with Crippen molar-refractivity contribution in [1.29, 1.82) is 0 Å². The lowest BCUT2D eigenvalue weighted by Gasteiger charge is -2.19. The molecule has 17 heteroatoms. The van der Waals surface area contributed by atoms with Gasteiger partial charge in [0, 0.05) is 63.9 Å². The number of unbranched alkanes of at least 4 members (excludes halogenated alkanes) is 4. The van der Waals surface area contributed by atoms with Crippen LogP contribution < -0.4 is 21.3 Å². The lowest BCUT2D eigenvalue weighted by molar-refractivity contribution is -0.197. The van der Waals surface area contributed by atoms with Gasteiger partial charge in [-0.2, -0.15) is 0 Å². The SMILES string of the molecule is CC(C)=NOCCCCCCNCCCC[C@H](NC(=O)CCCC(=O)ON1C(=O)CCC1=O)C(=O)NCCNC(=O)CCN1C(=O)C=CC1=O. The van der Waals surface area contributed by atoms with Crippen LogP contribution in [-0.4, -0.2) is 108 Å². The number of amides is 7. The van der Waals surface area contributed by atoms with E-state index in [4.69, 9.17) is 9.68 Å². The molecule has 50 heavy (non-hydrogen) atoms. The molecular formula is C33H51N7O10. The molecule has 0 unspecified atom stereocenters. The third kappa shape index (κ3) is 17.1. The number of carbonyl (C=O) groups excluding carboxylic acids is 8. The average molecular weight is 706 g/mol. The summed E-state index contributed by atoms with van der Waals surface area (Å²) >= 11 is 0. The van der Waals surface area contributed by atoms with Crippen LogP contribution >= 0.6 is 0 Å². The zero-order valence-corrected chi connectivity index (χ0v) is 29.1. The Morgan fingerprint density at radius 3 is 2.08 bits per heavy atom. The monoisotopic (exact) mass is 705 g/mol. The summed E-state index contributed by atoms with van der Waals surface area (Å²) in [4.78, 5) is 107. The van der Waals surface area contributed by atoms with E-state index in [0.29, 0.717) is 24.5 Å². The second-order valence-electron chi connectivity index (χ2n) is 12.1. The number of carbonyl (C=O) groups is 8. The Morgan fingerprint density at radius 1 is 0.760 bits per heavy atom. The highest BCUT2D eigenvalue weighted by molar-refractivity contribution is 6.13. The van der Waals surface area contributed by atoms with Crippen LogP contribution in [0.4, 0.5) is 0 Å². The molecule has 0 aliphatic carbocycles. The summed E-state index contributed by atoms with van der Waals surface area (Å²) in [7, 11) is 0. The number of nitrogens with zero attached hydrogens (tertiary/aromatic N) is 3. The van der Waals surface area contributed by atoms with Crippen LogP contribution in [-0.2, 0) is 48.0 Å². The van der Waals surface area contributed by atoms with E-state index in [0.717, 1.165) is 68.0 Å². The molecule has 0 radical (unpaired) electrons. The lowest BCUT2D eigenvalue weighted by atomic mass is 10.1. The number of imide groups is 2. The van der Waals surface area contributed by atoms with E-state index in [1.54, 1.807) is 0 Å². The van der Waals surface area contributed by atoms with E-state index in [1.165, 1.54) is 0 Å². The third-order valence-corrected chi connectivity index (χ3v) is 7.53. The molecule has 2 rings (SSSR count). The second kappa shape index (κ2) is 23.6. The van der Waals surface area contributed by atoms with Gasteiger partial charge in [0.1, 0.15) is 12.6 Å². The minimum absolute atomic E-state index is 0.0206. The zero-order chi connectivity index (χ0) is 36.7. The van der Waals surface area contributed by atoms with Gasteiger partial charge in [0.25, 0.3) is 23.6 Å². The van der Waals surface area contributed by atoms with Crippen LogP contribution in [0, 0.1) is 0 Å². The molecule has 0 saturated carbocycles. The fourth-order valence-electron chi connectivity index (χ4n) is 4.87. The van der Waals surface area contributed by atoms with E-state index >= 15 is 0 Å². The summed E-state index contributed by atoms with van der Waals surface area (Å²) in [6, 6.07) is -0.854. The predicted octanol–water partition coefficient (Wildman–Crippen LogP) is 0.529. The first-order valence-corrected chi connectivity index (χ1v) is 17.3. The molecule has 17 nitrogen and oxygen atoms in total. The molecule has 1 fully saturated rings. The Labute approximate surface area is 292 Å². The summed E-state index contributed by atoms with van der Waals surface area (Å²) in [6.07, 6.45) is 7.82. The number of oxime groups is 1. The fraction of sp³-hybridized carbons (Fsp3) is 0.667. The Hall–Kier alpha value is -4.67.